The van der Waals surface area contributed by atoms with Gasteiger partial charge in [0.1, 0.15) is 0 Å². The Bertz CT molecular complexity index is 1230. The van der Waals surface area contributed by atoms with Crippen LogP contribution in [0.5, 0.6) is 0 Å². The maximum Gasteiger partial charge on any atom is 0.238 e. The zero-order valence-electron chi connectivity index (χ0n) is 18.7. The minimum atomic E-state index is -1.26. The zero-order valence-corrected chi connectivity index (χ0v) is 18.7. The van der Waals surface area contributed by atoms with Crippen LogP contribution >= 0.6 is 0 Å². The topological polar surface area (TPSA) is 91.8 Å². The van der Waals surface area contributed by atoms with E-state index < -0.39 is 46.8 Å². The molecule has 0 N–H and O–H groups in total. The molecule has 0 spiro atoms. The number of rotatable bonds is 3. The summed E-state index contributed by atoms with van der Waals surface area (Å²) in [6.07, 6.45) is 1.70. The van der Waals surface area contributed by atoms with Crippen LogP contribution in [0.1, 0.15) is 13.8 Å². The van der Waals surface area contributed by atoms with E-state index in [-0.39, 0.29) is 17.6 Å². The molecule has 4 amide bonds. The summed E-state index contributed by atoms with van der Waals surface area (Å²) in [5.41, 5.74) is 0.00997. The second-order valence-corrected chi connectivity index (χ2v) is 9.70. The molecular weight excluding hydrogens is 432 g/mol. The highest BCUT2D eigenvalue weighted by Crippen LogP contribution is 2.66. The van der Waals surface area contributed by atoms with Crippen molar-refractivity contribution in [3.8, 4) is 0 Å². The Hall–Kier alpha value is -3.87. The van der Waals surface area contributed by atoms with E-state index in [0.717, 1.165) is 0 Å². The molecule has 2 bridgehead atoms. The first kappa shape index (κ1) is 20.7. The fraction of sp³-hybridized carbons (Fsp3) is 0.296. The van der Waals surface area contributed by atoms with Gasteiger partial charge in [0.25, 0.3) is 0 Å². The van der Waals surface area contributed by atoms with Crippen LogP contribution in [-0.2, 0) is 24.0 Å². The van der Waals surface area contributed by atoms with Gasteiger partial charge in [-0.3, -0.25) is 33.8 Å². The van der Waals surface area contributed by atoms with Crippen LogP contribution in [0.25, 0.3) is 0 Å². The monoisotopic (exact) mass is 454 g/mol. The van der Waals surface area contributed by atoms with Gasteiger partial charge in [-0.25, -0.2) is 0 Å². The molecule has 2 heterocycles. The third-order valence-electron chi connectivity index (χ3n) is 8.17. The van der Waals surface area contributed by atoms with Crippen LogP contribution in [0, 0.1) is 35.0 Å². The Balaban J connectivity index is 1.53. The predicted octanol–water partition coefficient (Wildman–Crippen LogP) is 2.76. The zero-order chi connectivity index (χ0) is 23.9. The highest BCUT2D eigenvalue weighted by atomic mass is 16.2. The molecule has 5 aliphatic rings. The van der Waals surface area contributed by atoms with Crippen LogP contribution in [-0.4, -0.2) is 29.4 Å². The second kappa shape index (κ2) is 6.82. The Morgan fingerprint density at radius 2 is 1.12 bits per heavy atom. The molecule has 170 valence electrons. The number of hydrogen-bond acceptors (Lipinski definition) is 5. The van der Waals surface area contributed by atoms with Crippen LogP contribution < -0.4 is 9.80 Å². The van der Waals surface area contributed by atoms with E-state index in [2.05, 4.69) is 0 Å². The lowest BCUT2D eigenvalue weighted by molar-refractivity contribution is -0.148. The van der Waals surface area contributed by atoms with Crippen molar-refractivity contribution in [2.75, 3.05) is 9.80 Å². The summed E-state index contributed by atoms with van der Waals surface area (Å²) in [6.45, 7) is 3.12. The Morgan fingerprint density at radius 1 is 0.706 bits per heavy atom. The molecule has 2 aliphatic heterocycles. The molecule has 7 heteroatoms. The molecule has 3 fully saturated rings. The van der Waals surface area contributed by atoms with Gasteiger partial charge in [-0.15, -0.1) is 0 Å². The molecule has 7 rings (SSSR count). The largest absolute Gasteiger partial charge is 0.295 e. The van der Waals surface area contributed by atoms with Crippen molar-refractivity contribution in [2.24, 2.45) is 35.0 Å². The van der Waals surface area contributed by atoms with E-state index in [1.807, 2.05) is 0 Å². The fourth-order valence-corrected chi connectivity index (χ4v) is 6.91. The number of carbonyl (C=O) groups excluding carboxylic acids is 5. The molecule has 3 aliphatic carbocycles. The Morgan fingerprint density at radius 3 is 1.50 bits per heavy atom. The molecule has 7 nitrogen and oxygen atoms in total. The molecule has 2 aromatic carbocycles. The summed E-state index contributed by atoms with van der Waals surface area (Å²) < 4.78 is 0. The van der Waals surface area contributed by atoms with Crippen molar-refractivity contribution in [2.45, 2.75) is 13.8 Å². The SMILES string of the molecule is CC(=O)C1=CC2[C@H]3C(=O)N(c4ccccc4)C(=O)[C@H]3C1(C)[C@H]1C(=O)N(c3ccccc3)C(=O)[C@@H]21. The van der Waals surface area contributed by atoms with Gasteiger partial charge in [-0.2, -0.15) is 0 Å². The first-order valence-corrected chi connectivity index (χ1v) is 11.4. The first-order chi connectivity index (χ1) is 16.3. The summed E-state index contributed by atoms with van der Waals surface area (Å²) in [4.78, 5) is 70.0. The third kappa shape index (κ3) is 2.34. The maximum absolute atomic E-state index is 13.8. The minimum absolute atomic E-state index is 0.249. The maximum atomic E-state index is 13.8. The summed E-state index contributed by atoms with van der Waals surface area (Å²) in [7, 11) is 0. The van der Waals surface area contributed by atoms with Gasteiger partial charge in [-0.05, 0) is 36.8 Å². The number of nitrogens with zero attached hydrogens (tertiary/aromatic N) is 2. The van der Waals surface area contributed by atoms with Gasteiger partial charge in [0.15, 0.2) is 5.78 Å². The summed E-state index contributed by atoms with van der Waals surface area (Å²) in [5.74, 6) is -5.92. The molecule has 0 radical (unpaired) electrons. The van der Waals surface area contributed by atoms with E-state index in [4.69, 9.17) is 0 Å². The van der Waals surface area contributed by atoms with Gasteiger partial charge in [-0.1, -0.05) is 49.4 Å². The lowest BCUT2D eigenvalue weighted by Gasteiger charge is -2.54. The lowest BCUT2D eigenvalue weighted by atomic mass is 9.44. The fourth-order valence-electron chi connectivity index (χ4n) is 6.91. The number of carbonyl (C=O) groups is 5. The van der Waals surface area contributed by atoms with Crippen LogP contribution in [0.2, 0.25) is 0 Å². The van der Waals surface area contributed by atoms with Crippen molar-refractivity contribution < 1.29 is 24.0 Å². The van der Waals surface area contributed by atoms with Gasteiger partial charge in [0.2, 0.25) is 23.6 Å². The van der Waals surface area contributed by atoms with Crippen LogP contribution in [0.4, 0.5) is 11.4 Å². The smallest absolute Gasteiger partial charge is 0.238 e. The normalized spacial score (nSPS) is 33.8. The van der Waals surface area contributed by atoms with Crippen LogP contribution in [0.3, 0.4) is 0 Å². The molecule has 0 aromatic heterocycles. The van der Waals surface area contributed by atoms with Gasteiger partial charge in [0.05, 0.1) is 35.0 Å². The van der Waals surface area contributed by atoms with Crippen LogP contribution in [0.15, 0.2) is 72.3 Å². The summed E-state index contributed by atoms with van der Waals surface area (Å²) >= 11 is 0. The number of hydrogen-bond donors (Lipinski definition) is 0. The standard InChI is InChI=1S/C27H22N2O5/c1-14(30)18-13-17-19-21(25(33)28(23(19)31)15-9-5-3-6-10-15)27(18,2)22-20(17)24(32)29(26(22)34)16-11-7-4-8-12-16/h3-13,17,19-22H,1-2H3/t17?,19-,20+,21+,22-,27?. The average Bonchev–Trinajstić information content (AvgIpc) is 3.27. The number of benzene rings is 2. The average molecular weight is 454 g/mol. The molecule has 2 unspecified atom stereocenters. The minimum Gasteiger partial charge on any atom is -0.295 e. The highest BCUT2D eigenvalue weighted by molar-refractivity contribution is 6.27. The van der Waals surface area contributed by atoms with Gasteiger partial charge < -0.3 is 0 Å². The molecule has 6 atom stereocenters. The number of anilines is 2. The number of amides is 4. The summed E-state index contributed by atoms with van der Waals surface area (Å²) in [6, 6.07) is 17.3. The van der Waals surface area contributed by atoms with E-state index in [1.54, 1.807) is 73.7 Å². The molecular formula is C27H22N2O5. The van der Waals surface area contributed by atoms with Gasteiger partial charge in [0, 0.05) is 11.3 Å². The predicted molar refractivity (Wildman–Crippen MR) is 122 cm³/mol. The number of imide groups is 2. The number of para-hydroxylation sites is 2. The molecule has 2 aromatic rings. The molecule has 2 saturated heterocycles. The van der Waals surface area contributed by atoms with E-state index in [0.29, 0.717) is 16.9 Å². The molecule has 34 heavy (non-hydrogen) atoms. The quantitative estimate of drug-likeness (QED) is 0.665. The number of allylic oxidation sites excluding steroid dienone is 2. The Kier molecular flexibility index (Phi) is 4.16. The third-order valence-corrected chi connectivity index (χ3v) is 8.17. The van der Waals surface area contributed by atoms with Gasteiger partial charge >= 0.3 is 0 Å². The number of ketones is 1. The highest BCUT2D eigenvalue weighted by Gasteiger charge is 2.75. The molecule has 1 saturated carbocycles. The van der Waals surface area contributed by atoms with Crippen molar-refractivity contribution in [3.63, 3.8) is 0 Å². The first-order valence-electron chi connectivity index (χ1n) is 11.4. The van der Waals surface area contributed by atoms with Crippen molar-refractivity contribution >= 4 is 40.8 Å². The second-order valence-electron chi connectivity index (χ2n) is 9.70. The van der Waals surface area contributed by atoms with E-state index in [9.17, 15) is 24.0 Å². The van der Waals surface area contributed by atoms with Crippen molar-refractivity contribution in [1.29, 1.82) is 0 Å². The summed E-state index contributed by atoms with van der Waals surface area (Å²) in [5, 5.41) is 0. The Labute approximate surface area is 196 Å². The number of Topliss-reactive ketones (excluding diaryl/α,β-unsaturated/α-hetero) is 1. The van der Waals surface area contributed by atoms with E-state index in [1.165, 1.54) is 16.7 Å². The van der Waals surface area contributed by atoms with Crippen molar-refractivity contribution in [3.05, 3.63) is 72.3 Å². The van der Waals surface area contributed by atoms with Crippen molar-refractivity contribution in [1.82, 2.24) is 0 Å². The lowest BCUT2D eigenvalue weighted by Crippen LogP contribution is -2.59. The van der Waals surface area contributed by atoms with E-state index >= 15 is 0 Å².